The number of ketones is 1. The zero-order chi connectivity index (χ0) is 24.7. The molecular formula is C25H30N4O4S. The quantitative estimate of drug-likeness (QED) is 0.303. The number of carbonyl (C=O) groups is 2. The average Bonchev–Trinajstić information content (AvgIpc) is 3.20. The van der Waals surface area contributed by atoms with Gasteiger partial charge in [0, 0.05) is 17.8 Å². The number of amides is 1. The number of para-hydroxylation sites is 2. The van der Waals surface area contributed by atoms with E-state index in [1.165, 1.54) is 18.7 Å². The number of methoxy groups -OCH3 is 1. The van der Waals surface area contributed by atoms with Gasteiger partial charge >= 0.3 is 0 Å². The summed E-state index contributed by atoms with van der Waals surface area (Å²) < 4.78 is 13.5. The molecule has 1 heterocycles. The zero-order valence-electron chi connectivity index (χ0n) is 20.1. The molecule has 1 unspecified atom stereocenters. The highest BCUT2D eigenvalue weighted by Gasteiger charge is 2.22. The summed E-state index contributed by atoms with van der Waals surface area (Å²) in [7, 11) is 1.60. The zero-order valence-corrected chi connectivity index (χ0v) is 20.9. The highest BCUT2D eigenvalue weighted by molar-refractivity contribution is 7.99. The molecule has 0 saturated carbocycles. The molecule has 8 nitrogen and oxygen atoms in total. The molecule has 3 aromatic rings. The summed E-state index contributed by atoms with van der Waals surface area (Å²) in [6, 6.07) is 14.3. The minimum absolute atomic E-state index is 0.0516. The number of aromatic nitrogens is 3. The van der Waals surface area contributed by atoms with Crippen molar-refractivity contribution in [2.24, 2.45) is 5.92 Å². The molecule has 0 fully saturated rings. The van der Waals surface area contributed by atoms with Gasteiger partial charge in [-0.3, -0.25) is 9.59 Å². The number of hydrogen-bond donors (Lipinski definition) is 1. The van der Waals surface area contributed by atoms with Crippen molar-refractivity contribution in [1.82, 2.24) is 14.8 Å². The van der Waals surface area contributed by atoms with Gasteiger partial charge in [0.25, 0.3) is 0 Å². The van der Waals surface area contributed by atoms with E-state index in [-0.39, 0.29) is 23.5 Å². The predicted octanol–water partition coefficient (Wildman–Crippen LogP) is 5.02. The van der Waals surface area contributed by atoms with E-state index in [0.29, 0.717) is 46.2 Å². The van der Waals surface area contributed by atoms with Crippen LogP contribution in [0.4, 0.5) is 5.69 Å². The molecule has 9 heteroatoms. The number of Topliss-reactive ketones (excluding diaryl/α,β-unsaturated/α-hetero) is 1. The third-order valence-electron chi connectivity index (χ3n) is 4.91. The first-order chi connectivity index (χ1) is 16.3. The van der Waals surface area contributed by atoms with Crippen LogP contribution in [0.5, 0.6) is 11.5 Å². The monoisotopic (exact) mass is 482 g/mol. The SMILES string of the molecule is COc1ccccc1OC(C)c1nnc(SCC(=O)Nc2cccc(C(C)=O)c2)n1CC(C)C. The van der Waals surface area contributed by atoms with Crippen LogP contribution in [0.25, 0.3) is 0 Å². The van der Waals surface area contributed by atoms with Crippen LogP contribution in [0.1, 0.15) is 50.0 Å². The second-order valence-electron chi connectivity index (χ2n) is 8.23. The van der Waals surface area contributed by atoms with Gasteiger partial charge in [0.1, 0.15) is 0 Å². The molecule has 1 amide bonds. The molecule has 0 bridgehead atoms. The van der Waals surface area contributed by atoms with Crippen molar-refractivity contribution in [3.63, 3.8) is 0 Å². The van der Waals surface area contributed by atoms with Gasteiger partial charge in [-0.1, -0.05) is 49.9 Å². The van der Waals surface area contributed by atoms with Crippen molar-refractivity contribution in [3.8, 4) is 11.5 Å². The van der Waals surface area contributed by atoms with E-state index < -0.39 is 0 Å². The standard InChI is InChI=1S/C25H30N4O4S/c1-16(2)14-29-24(18(4)33-22-12-7-6-11-21(22)32-5)27-28-25(29)34-15-23(31)26-20-10-8-9-19(13-20)17(3)30/h6-13,16,18H,14-15H2,1-5H3,(H,26,31). The molecule has 0 radical (unpaired) electrons. The summed E-state index contributed by atoms with van der Waals surface area (Å²) in [5.41, 5.74) is 1.14. The second kappa shape index (κ2) is 11.7. The Hall–Kier alpha value is -3.33. The molecule has 1 aromatic heterocycles. The summed E-state index contributed by atoms with van der Waals surface area (Å²) in [5.74, 6) is 2.20. The van der Waals surface area contributed by atoms with E-state index in [0.717, 1.165) is 0 Å². The normalized spacial score (nSPS) is 11.8. The van der Waals surface area contributed by atoms with Gasteiger partial charge in [-0.05, 0) is 44.0 Å². The van der Waals surface area contributed by atoms with Crippen LogP contribution in [0, 0.1) is 5.92 Å². The maximum absolute atomic E-state index is 12.5. The van der Waals surface area contributed by atoms with Crippen molar-refractivity contribution in [1.29, 1.82) is 0 Å². The second-order valence-corrected chi connectivity index (χ2v) is 9.17. The average molecular weight is 483 g/mol. The fourth-order valence-corrected chi connectivity index (χ4v) is 4.10. The van der Waals surface area contributed by atoms with Crippen LogP contribution in [0.3, 0.4) is 0 Å². The lowest BCUT2D eigenvalue weighted by molar-refractivity contribution is -0.113. The Bertz CT molecular complexity index is 1150. The van der Waals surface area contributed by atoms with Crippen LogP contribution in [0.15, 0.2) is 53.7 Å². The molecule has 0 aliphatic heterocycles. The van der Waals surface area contributed by atoms with Gasteiger partial charge < -0.3 is 19.4 Å². The Morgan fingerprint density at radius 2 is 1.79 bits per heavy atom. The lowest BCUT2D eigenvalue weighted by Gasteiger charge is -2.19. The molecule has 34 heavy (non-hydrogen) atoms. The number of hydrogen-bond acceptors (Lipinski definition) is 7. The number of nitrogens with one attached hydrogen (secondary N) is 1. The largest absolute Gasteiger partial charge is 0.493 e. The number of nitrogens with zero attached hydrogens (tertiary/aromatic N) is 3. The van der Waals surface area contributed by atoms with E-state index >= 15 is 0 Å². The number of anilines is 1. The van der Waals surface area contributed by atoms with Crippen molar-refractivity contribution >= 4 is 29.1 Å². The van der Waals surface area contributed by atoms with Gasteiger partial charge in [-0.2, -0.15) is 0 Å². The lowest BCUT2D eigenvalue weighted by Crippen LogP contribution is -2.17. The van der Waals surface area contributed by atoms with Crippen LogP contribution >= 0.6 is 11.8 Å². The molecule has 0 aliphatic rings. The highest BCUT2D eigenvalue weighted by atomic mass is 32.2. The summed E-state index contributed by atoms with van der Waals surface area (Å²) in [6.07, 6.45) is -0.375. The summed E-state index contributed by atoms with van der Waals surface area (Å²) in [4.78, 5) is 24.1. The molecule has 0 aliphatic carbocycles. The van der Waals surface area contributed by atoms with E-state index in [2.05, 4.69) is 29.4 Å². The topological polar surface area (TPSA) is 95.3 Å². The van der Waals surface area contributed by atoms with Crippen molar-refractivity contribution < 1.29 is 19.1 Å². The Balaban J connectivity index is 1.71. The number of rotatable bonds is 11. The first-order valence-corrected chi connectivity index (χ1v) is 12.0. The number of thioether (sulfide) groups is 1. The fourth-order valence-electron chi connectivity index (χ4n) is 3.35. The van der Waals surface area contributed by atoms with E-state index in [9.17, 15) is 9.59 Å². The summed E-state index contributed by atoms with van der Waals surface area (Å²) in [5, 5.41) is 12.2. The van der Waals surface area contributed by atoms with Gasteiger partial charge in [0.05, 0.1) is 12.9 Å². The molecule has 3 rings (SSSR count). The fraction of sp³-hybridized carbons (Fsp3) is 0.360. The highest BCUT2D eigenvalue weighted by Crippen LogP contribution is 2.31. The molecular weight excluding hydrogens is 452 g/mol. The number of carbonyl (C=O) groups excluding carboxylic acids is 2. The third-order valence-corrected chi connectivity index (χ3v) is 5.88. The minimum atomic E-state index is -0.375. The third kappa shape index (κ3) is 6.60. The maximum atomic E-state index is 12.5. The Kier molecular flexibility index (Phi) is 8.70. The van der Waals surface area contributed by atoms with Crippen LogP contribution in [0.2, 0.25) is 0 Å². The molecule has 0 spiro atoms. The molecule has 1 atom stereocenters. The molecule has 2 aromatic carbocycles. The van der Waals surface area contributed by atoms with Gasteiger partial charge in [-0.25, -0.2) is 0 Å². The van der Waals surface area contributed by atoms with Crippen molar-refractivity contribution in [2.75, 3.05) is 18.2 Å². The Morgan fingerprint density at radius 1 is 1.06 bits per heavy atom. The maximum Gasteiger partial charge on any atom is 0.234 e. The molecule has 1 N–H and O–H groups in total. The van der Waals surface area contributed by atoms with Gasteiger partial charge in [0.15, 0.2) is 34.4 Å². The van der Waals surface area contributed by atoms with Crippen LogP contribution in [-0.2, 0) is 11.3 Å². The smallest absolute Gasteiger partial charge is 0.234 e. The van der Waals surface area contributed by atoms with Gasteiger partial charge in [-0.15, -0.1) is 10.2 Å². The van der Waals surface area contributed by atoms with Gasteiger partial charge in [0.2, 0.25) is 5.91 Å². The number of ether oxygens (including phenoxy) is 2. The van der Waals surface area contributed by atoms with Crippen LogP contribution < -0.4 is 14.8 Å². The molecule has 180 valence electrons. The summed E-state index contributed by atoms with van der Waals surface area (Å²) >= 11 is 1.31. The molecule has 0 saturated heterocycles. The first-order valence-electron chi connectivity index (χ1n) is 11.0. The minimum Gasteiger partial charge on any atom is -0.493 e. The Labute approximate surface area is 204 Å². The Morgan fingerprint density at radius 3 is 2.47 bits per heavy atom. The van der Waals surface area contributed by atoms with Crippen molar-refractivity contribution in [2.45, 2.75) is 45.5 Å². The number of benzene rings is 2. The first kappa shape index (κ1) is 25.3. The summed E-state index contributed by atoms with van der Waals surface area (Å²) in [6.45, 7) is 8.31. The predicted molar refractivity (Wildman–Crippen MR) is 133 cm³/mol. The van der Waals surface area contributed by atoms with E-state index in [1.807, 2.05) is 35.8 Å². The van der Waals surface area contributed by atoms with Crippen molar-refractivity contribution in [3.05, 3.63) is 59.9 Å². The van der Waals surface area contributed by atoms with E-state index in [1.54, 1.807) is 31.4 Å². The van der Waals surface area contributed by atoms with E-state index in [4.69, 9.17) is 9.47 Å². The lowest BCUT2D eigenvalue weighted by atomic mass is 10.1. The van der Waals surface area contributed by atoms with Crippen LogP contribution in [-0.4, -0.2) is 39.3 Å².